The maximum absolute atomic E-state index is 9.20. The van der Waals surface area contributed by atoms with Gasteiger partial charge in [-0.3, -0.25) is 4.68 Å². The molecule has 0 atom stereocenters. The summed E-state index contributed by atoms with van der Waals surface area (Å²) in [6.45, 7) is -0.0427. The average Bonchev–Trinajstić information content (AvgIpc) is 3.45. The number of fused-ring (bicyclic) bond motifs is 3. The molecule has 1 aromatic carbocycles. The number of benzene rings is 1. The number of aliphatic hydroxyl groups excluding tert-OH is 1. The number of ether oxygens (including phenoxy) is 1. The molecule has 0 bridgehead atoms. The third-order valence-electron chi connectivity index (χ3n) is 4.18. The van der Waals surface area contributed by atoms with E-state index in [9.17, 15) is 5.11 Å². The minimum absolute atomic E-state index is 0.215. The van der Waals surface area contributed by atoms with E-state index in [1.165, 1.54) is 0 Å². The van der Waals surface area contributed by atoms with Crippen molar-refractivity contribution in [3.05, 3.63) is 48.0 Å². The topological polar surface area (TPSA) is 129 Å². The molecular formula is C17H14N8O3. The summed E-state index contributed by atoms with van der Waals surface area (Å²) in [7, 11) is 1.79. The standard InChI is InChI=1S/C17H14N8O3/c1-24-7-10(18-23-24)9-27-17-13-5-3-2-4-12(13)15-19-20-16(25(15)21-17)14-6-11(8-26)28-22-14/h2-7,26H,8-9H2,1H3. The van der Waals surface area contributed by atoms with Gasteiger partial charge in [0.1, 0.15) is 18.9 Å². The Morgan fingerprint density at radius 2 is 2.00 bits per heavy atom. The molecule has 28 heavy (non-hydrogen) atoms. The first kappa shape index (κ1) is 16.3. The first-order chi connectivity index (χ1) is 13.7. The van der Waals surface area contributed by atoms with Gasteiger partial charge in [0, 0.05) is 23.9 Å². The lowest BCUT2D eigenvalue weighted by Gasteiger charge is -2.08. The fourth-order valence-electron chi connectivity index (χ4n) is 2.91. The normalized spacial score (nSPS) is 11.5. The molecule has 0 saturated carbocycles. The Labute approximate surface area is 157 Å². The van der Waals surface area contributed by atoms with Crippen LogP contribution in [0.5, 0.6) is 5.88 Å². The number of hydrogen-bond donors (Lipinski definition) is 1. The van der Waals surface area contributed by atoms with Crippen LogP contribution >= 0.6 is 0 Å². The molecule has 4 heterocycles. The van der Waals surface area contributed by atoms with Crippen molar-refractivity contribution in [1.29, 1.82) is 0 Å². The molecule has 0 spiro atoms. The lowest BCUT2D eigenvalue weighted by molar-refractivity contribution is 0.229. The summed E-state index contributed by atoms with van der Waals surface area (Å²) in [5.41, 5.74) is 1.66. The average molecular weight is 378 g/mol. The van der Waals surface area contributed by atoms with E-state index in [1.807, 2.05) is 24.3 Å². The van der Waals surface area contributed by atoms with Crippen LogP contribution in [0.3, 0.4) is 0 Å². The van der Waals surface area contributed by atoms with Crippen LogP contribution in [0.15, 0.2) is 41.1 Å². The fraction of sp³-hybridized carbons (Fsp3) is 0.176. The maximum Gasteiger partial charge on any atom is 0.240 e. The van der Waals surface area contributed by atoms with Crippen molar-refractivity contribution in [3.8, 4) is 17.4 Å². The quantitative estimate of drug-likeness (QED) is 0.478. The molecule has 0 unspecified atom stereocenters. The summed E-state index contributed by atoms with van der Waals surface area (Å²) in [5.74, 6) is 1.11. The summed E-state index contributed by atoms with van der Waals surface area (Å²) in [6, 6.07) is 9.22. The Bertz CT molecular complexity index is 1290. The highest BCUT2D eigenvalue weighted by molar-refractivity contribution is 5.96. The minimum Gasteiger partial charge on any atom is -0.470 e. The van der Waals surface area contributed by atoms with Crippen LogP contribution in [0.4, 0.5) is 0 Å². The second kappa shape index (κ2) is 6.39. The van der Waals surface area contributed by atoms with E-state index in [0.29, 0.717) is 34.5 Å². The van der Waals surface area contributed by atoms with Crippen LogP contribution in [-0.4, -0.2) is 45.1 Å². The zero-order valence-electron chi connectivity index (χ0n) is 14.7. The highest BCUT2D eigenvalue weighted by Crippen LogP contribution is 2.29. The molecule has 4 aromatic heterocycles. The van der Waals surface area contributed by atoms with Gasteiger partial charge in [0.05, 0.1) is 6.20 Å². The first-order valence-electron chi connectivity index (χ1n) is 8.42. The summed E-state index contributed by atoms with van der Waals surface area (Å²) in [4.78, 5) is 0. The van der Waals surface area contributed by atoms with E-state index in [1.54, 1.807) is 28.5 Å². The Morgan fingerprint density at radius 1 is 1.14 bits per heavy atom. The third-order valence-corrected chi connectivity index (χ3v) is 4.18. The second-order valence-corrected chi connectivity index (χ2v) is 6.12. The molecule has 0 aliphatic rings. The summed E-state index contributed by atoms with van der Waals surface area (Å²) in [6.07, 6.45) is 1.77. The molecule has 11 nitrogen and oxygen atoms in total. The predicted molar refractivity (Wildman–Crippen MR) is 95.0 cm³/mol. The maximum atomic E-state index is 9.20. The zero-order valence-corrected chi connectivity index (χ0v) is 14.7. The SMILES string of the molecule is Cn1cc(COc2nn3c(-c4cc(CO)on4)nnc3c3ccccc23)nn1. The van der Waals surface area contributed by atoms with Crippen molar-refractivity contribution in [2.75, 3.05) is 0 Å². The number of aliphatic hydroxyl groups is 1. The highest BCUT2D eigenvalue weighted by Gasteiger charge is 2.19. The van der Waals surface area contributed by atoms with Crippen LogP contribution in [0.25, 0.3) is 27.9 Å². The first-order valence-corrected chi connectivity index (χ1v) is 8.42. The van der Waals surface area contributed by atoms with Gasteiger partial charge >= 0.3 is 0 Å². The highest BCUT2D eigenvalue weighted by atomic mass is 16.5. The predicted octanol–water partition coefficient (Wildman–Crippen LogP) is 1.13. The Hall–Kier alpha value is -3.86. The minimum atomic E-state index is -0.257. The van der Waals surface area contributed by atoms with Crippen molar-refractivity contribution in [2.24, 2.45) is 7.05 Å². The molecule has 140 valence electrons. The lowest BCUT2D eigenvalue weighted by Crippen LogP contribution is -2.03. The van der Waals surface area contributed by atoms with Crippen molar-refractivity contribution in [3.63, 3.8) is 0 Å². The Morgan fingerprint density at radius 3 is 2.75 bits per heavy atom. The molecule has 5 aromatic rings. The van der Waals surface area contributed by atoms with E-state index in [4.69, 9.17) is 9.26 Å². The number of rotatable bonds is 5. The van der Waals surface area contributed by atoms with Gasteiger partial charge in [-0.2, -0.15) is 4.52 Å². The van der Waals surface area contributed by atoms with Crippen molar-refractivity contribution < 1.29 is 14.4 Å². The van der Waals surface area contributed by atoms with E-state index < -0.39 is 0 Å². The van der Waals surface area contributed by atoms with Gasteiger partial charge in [-0.1, -0.05) is 28.6 Å². The second-order valence-electron chi connectivity index (χ2n) is 6.12. The molecular weight excluding hydrogens is 364 g/mol. The smallest absolute Gasteiger partial charge is 0.240 e. The zero-order chi connectivity index (χ0) is 19.1. The summed E-state index contributed by atoms with van der Waals surface area (Å²) >= 11 is 0. The van der Waals surface area contributed by atoms with Crippen LogP contribution < -0.4 is 4.74 Å². The largest absolute Gasteiger partial charge is 0.470 e. The van der Waals surface area contributed by atoms with E-state index in [-0.39, 0.29) is 13.2 Å². The number of nitrogens with zero attached hydrogens (tertiary/aromatic N) is 8. The van der Waals surface area contributed by atoms with Gasteiger partial charge in [0.15, 0.2) is 17.1 Å². The van der Waals surface area contributed by atoms with E-state index in [0.717, 1.165) is 10.8 Å². The molecule has 0 radical (unpaired) electrons. The van der Waals surface area contributed by atoms with Gasteiger partial charge in [-0.25, -0.2) is 0 Å². The van der Waals surface area contributed by atoms with Crippen LogP contribution in [0, 0.1) is 0 Å². The van der Waals surface area contributed by atoms with Gasteiger partial charge < -0.3 is 14.4 Å². The number of hydrogen-bond acceptors (Lipinski definition) is 9. The third kappa shape index (κ3) is 2.65. The number of aryl methyl sites for hydroxylation is 1. The van der Waals surface area contributed by atoms with Gasteiger partial charge in [0.25, 0.3) is 0 Å². The Kier molecular flexibility index (Phi) is 3.72. The molecule has 5 rings (SSSR count). The molecule has 0 saturated heterocycles. The van der Waals surface area contributed by atoms with Crippen molar-refractivity contribution >= 4 is 16.4 Å². The molecule has 0 aliphatic carbocycles. The molecule has 0 amide bonds. The monoisotopic (exact) mass is 378 g/mol. The summed E-state index contributed by atoms with van der Waals surface area (Å²) in [5, 5.41) is 35.7. The fourth-order valence-corrected chi connectivity index (χ4v) is 2.91. The van der Waals surface area contributed by atoms with Gasteiger partial charge in [-0.15, -0.1) is 20.4 Å². The Balaban J connectivity index is 1.64. The van der Waals surface area contributed by atoms with Crippen molar-refractivity contribution in [2.45, 2.75) is 13.2 Å². The van der Waals surface area contributed by atoms with Crippen LogP contribution in [0.1, 0.15) is 11.5 Å². The number of aromatic nitrogens is 8. The van der Waals surface area contributed by atoms with Crippen molar-refractivity contribution in [1.82, 2.24) is 40.0 Å². The van der Waals surface area contributed by atoms with Crippen LogP contribution in [-0.2, 0) is 20.3 Å². The molecule has 0 fully saturated rings. The molecule has 0 aliphatic heterocycles. The van der Waals surface area contributed by atoms with Crippen LogP contribution in [0.2, 0.25) is 0 Å². The molecule has 1 N–H and O–H groups in total. The van der Waals surface area contributed by atoms with Gasteiger partial charge in [0.2, 0.25) is 11.7 Å². The lowest BCUT2D eigenvalue weighted by atomic mass is 10.2. The summed E-state index contributed by atoms with van der Waals surface area (Å²) < 4.78 is 14.1. The molecule has 11 heteroatoms. The van der Waals surface area contributed by atoms with E-state index in [2.05, 4.69) is 30.8 Å². The van der Waals surface area contributed by atoms with E-state index >= 15 is 0 Å². The van der Waals surface area contributed by atoms with Gasteiger partial charge in [-0.05, 0) is 6.07 Å².